The molecule has 144 valence electrons. The van der Waals surface area contributed by atoms with Crippen molar-refractivity contribution in [2.75, 3.05) is 11.9 Å². The second-order valence-electron chi connectivity index (χ2n) is 6.66. The molecule has 0 spiro atoms. The normalized spacial score (nSPS) is 12.9. The first-order chi connectivity index (χ1) is 13.0. The SMILES string of the molecule is CCC(C)NC(=O)c1cccc(NC(=O)CNC(CC)c2ccccc2)c1. The molecule has 0 saturated heterocycles. The molecule has 3 N–H and O–H groups in total. The van der Waals surface area contributed by atoms with Gasteiger partial charge < -0.3 is 16.0 Å². The minimum atomic E-state index is -0.135. The van der Waals surface area contributed by atoms with Crippen LogP contribution in [0, 0.1) is 0 Å². The number of benzene rings is 2. The van der Waals surface area contributed by atoms with E-state index in [1.54, 1.807) is 24.3 Å². The van der Waals surface area contributed by atoms with E-state index in [4.69, 9.17) is 0 Å². The highest BCUT2D eigenvalue weighted by atomic mass is 16.2. The zero-order valence-electron chi connectivity index (χ0n) is 16.3. The molecule has 0 aliphatic carbocycles. The zero-order chi connectivity index (χ0) is 19.6. The van der Waals surface area contributed by atoms with Gasteiger partial charge in [0.05, 0.1) is 6.54 Å². The highest BCUT2D eigenvalue weighted by Gasteiger charge is 2.12. The molecule has 0 bridgehead atoms. The van der Waals surface area contributed by atoms with Gasteiger partial charge in [0.1, 0.15) is 0 Å². The second kappa shape index (κ2) is 10.5. The van der Waals surface area contributed by atoms with Gasteiger partial charge in [-0.1, -0.05) is 50.2 Å². The Morgan fingerprint density at radius 1 is 0.963 bits per heavy atom. The molecule has 0 aliphatic rings. The summed E-state index contributed by atoms with van der Waals surface area (Å²) in [7, 11) is 0. The minimum Gasteiger partial charge on any atom is -0.350 e. The number of nitrogens with one attached hydrogen (secondary N) is 3. The Kier molecular flexibility index (Phi) is 8.01. The minimum absolute atomic E-state index is 0.115. The molecular formula is C22H29N3O2. The van der Waals surface area contributed by atoms with Crippen molar-refractivity contribution >= 4 is 17.5 Å². The van der Waals surface area contributed by atoms with Gasteiger partial charge in [0.15, 0.2) is 0 Å². The molecule has 0 aromatic heterocycles. The lowest BCUT2D eigenvalue weighted by atomic mass is 10.0. The Morgan fingerprint density at radius 2 is 1.70 bits per heavy atom. The first-order valence-electron chi connectivity index (χ1n) is 9.52. The Labute approximate surface area is 161 Å². The summed E-state index contributed by atoms with van der Waals surface area (Å²) in [4.78, 5) is 24.5. The van der Waals surface area contributed by atoms with Crippen LogP contribution < -0.4 is 16.0 Å². The average molecular weight is 367 g/mol. The number of hydrogen-bond donors (Lipinski definition) is 3. The van der Waals surface area contributed by atoms with Gasteiger partial charge in [0.25, 0.3) is 5.91 Å². The Hall–Kier alpha value is -2.66. The number of carbonyl (C=O) groups is 2. The first kappa shape index (κ1) is 20.6. The topological polar surface area (TPSA) is 70.2 Å². The van der Waals surface area contributed by atoms with Crippen LogP contribution in [0.3, 0.4) is 0 Å². The van der Waals surface area contributed by atoms with Gasteiger partial charge in [0, 0.05) is 23.3 Å². The fourth-order valence-corrected chi connectivity index (χ4v) is 2.75. The monoisotopic (exact) mass is 367 g/mol. The van der Waals surface area contributed by atoms with E-state index in [1.807, 2.05) is 32.0 Å². The molecule has 5 heteroatoms. The van der Waals surface area contributed by atoms with E-state index in [-0.39, 0.29) is 30.4 Å². The molecule has 2 amide bonds. The fraction of sp³-hybridized carbons (Fsp3) is 0.364. The van der Waals surface area contributed by atoms with Gasteiger partial charge in [0.2, 0.25) is 5.91 Å². The van der Waals surface area contributed by atoms with Gasteiger partial charge in [-0.05, 0) is 43.5 Å². The maximum Gasteiger partial charge on any atom is 0.251 e. The third-order valence-electron chi connectivity index (χ3n) is 4.52. The highest BCUT2D eigenvalue weighted by molar-refractivity contribution is 5.97. The molecule has 0 heterocycles. The van der Waals surface area contributed by atoms with Crippen LogP contribution in [0.15, 0.2) is 54.6 Å². The largest absolute Gasteiger partial charge is 0.350 e. The summed E-state index contributed by atoms with van der Waals surface area (Å²) in [6.07, 6.45) is 1.76. The van der Waals surface area contributed by atoms with Crippen molar-refractivity contribution in [3.8, 4) is 0 Å². The molecule has 27 heavy (non-hydrogen) atoms. The Bertz CT molecular complexity index is 746. The molecule has 2 aromatic rings. The maximum atomic E-state index is 12.3. The van der Waals surface area contributed by atoms with E-state index in [1.165, 1.54) is 0 Å². The molecular weight excluding hydrogens is 338 g/mol. The van der Waals surface area contributed by atoms with Crippen LogP contribution in [0.1, 0.15) is 55.6 Å². The van der Waals surface area contributed by atoms with E-state index < -0.39 is 0 Å². The van der Waals surface area contributed by atoms with Crippen molar-refractivity contribution < 1.29 is 9.59 Å². The Morgan fingerprint density at radius 3 is 2.37 bits per heavy atom. The first-order valence-corrected chi connectivity index (χ1v) is 9.52. The molecule has 0 radical (unpaired) electrons. The number of amides is 2. The van der Waals surface area contributed by atoms with Crippen molar-refractivity contribution in [3.63, 3.8) is 0 Å². The van der Waals surface area contributed by atoms with Gasteiger partial charge in [-0.25, -0.2) is 0 Å². The molecule has 0 aliphatic heterocycles. The molecule has 2 aromatic carbocycles. The standard InChI is InChI=1S/C22H29N3O2/c1-4-16(3)24-22(27)18-12-9-13-19(14-18)25-21(26)15-23-20(5-2)17-10-7-6-8-11-17/h6-14,16,20,23H,4-5,15H2,1-3H3,(H,24,27)(H,25,26). The third kappa shape index (κ3) is 6.53. The van der Waals surface area contributed by atoms with Crippen molar-refractivity contribution in [3.05, 3.63) is 65.7 Å². The summed E-state index contributed by atoms with van der Waals surface area (Å²) < 4.78 is 0. The lowest BCUT2D eigenvalue weighted by molar-refractivity contribution is -0.115. The fourth-order valence-electron chi connectivity index (χ4n) is 2.75. The van der Waals surface area contributed by atoms with E-state index in [9.17, 15) is 9.59 Å². The molecule has 0 fully saturated rings. The number of anilines is 1. The lowest BCUT2D eigenvalue weighted by Crippen LogP contribution is -2.32. The number of rotatable bonds is 9. The summed E-state index contributed by atoms with van der Waals surface area (Å²) in [6.45, 7) is 6.28. The highest BCUT2D eigenvalue weighted by Crippen LogP contribution is 2.16. The predicted molar refractivity (Wildman–Crippen MR) is 110 cm³/mol. The quantitative estimate of drug-likeness (QED) is 0.630. The molecule has 2 rings (SSSR count). The van der Waals surface area contributed by atoms with Crippen molar-refractivity contribution in [2.45, 2.75) is 45.7 Å². The van der Waals surface area contributed by atoms with Gasteiger partial charge in [-0.3, -0.25) is 9.59 Å². The zero-order valence-corrected chi connectivity index (χ0v) is 16.3. The number of carbonyl (C=O) groups excluding carboxylic acids is 2. The van der Waals surface area contributed by atoms with E-state index in [0.29, 0.717) is 11.3 Å². The average Bonchev–Trinajstić information content (AvgIpc) is 2.69. The maximum absolute atomic E-state index is 12.3. The van der Waals surface area contributed by atoms with E-state index >= 15 is 0 Å². The summed E-state index contributed by atoms with van der Waals surface area (Å²) in [6, 6.07) is 17.3. The Balaban J connectivity index is 1.92. The summed E-state index contributed by atoms with van der Waals surface area (Å²) in [5.74, 6) is -0.266. The van der Waals surface area contributed by atoms with Crippen molar-refractivity contribution in [2.24, 2.45) is 0 Å². The van der Waals surface area contributed by atoms with Gasteiger partial charge in [-0.2, -0.15) is 0 Å². The summed E-state index contributed by atoms with van der Waals surface area (Å²) in [5.41, 5.74) is 2.32. The van der Waals surface area contributed by atoms with Crippen LogP contribution in [0.25, 0.3) is 0 Å². The van der Waals surface area contributed by atoms with E-state index in [0.717, 1.165) is 18.4 Å². The van der Waals surface area contributed by atoms with E-state index in [2.05, 4.69) is 35.0 Å². The van der Waals surface area contributed by atoms with Gasteiger partial charge in [-0.15, -0.1) is 0 Å². The second-order valence-corrected chi connectivity index (χ2v) is 6.66. The smallest absolute Gasteiger partial charge is 0.251 e. The van der Waals surface area contributed by atoms with Crippen LogP contribution in [-0.4, -0.2) is 24.4 Å². The van der Waals surface area contributed by atoms with Crippen molar-refractivity contribution in [1.29, 1.82) is 0 Å². The molecule has 0 saturated carbocycles. The van der Waals surface area contributed by atoms with Crippen LogP contribution in [0.5, 0.6) is 0 Å². The van der Waals surface area contributed by atoms with Crippen LogP contribution in [-0.2, 0) is 4.79 Å². The van der Waals surface area contributed by atoms with Crippen LogP contribution >= 0.6 is 0 Å². The van der Waals surface area contributed by atoms with Crippen LogP contribution in [0.4, 0.5) is 5.69 Å². The van der Waals surface area contributed by atoms with Crippen LogP contribution in [0.2, 0.25) is 0 Å². The van der Waals surface area contributed by atoms with Gasteiger partial charge >= 0.3 is 0 Å². The predicted octanol–water partition coefficient (Wildman–Crippen LogP) is 3.89. The van der Waals surface area contributed by atoms with Crippen molar-refractivity contribution in [1.82, 2.24) is 10.6 Å². The molecule has 2 atom stereocenters. The summed E-state index contributed by atoms with van der Waals surface area (Å²) >= 11 is 0. The third-order valence-corrected chi connectivity index (χ3v) is 4.52. The molecule has 5 nitrogen and oxygen atoms in total. The summed E-state index contributed by atoms with van der Waals surface area (Å²) in [5, 5.41) is 9.07. The molecule has 2 unspecified atom stereocenters. The number of hydrogen-bond acceptors (Lipinski definition) is 3. The lowest BCUT2D eigenvalue weighted by Gasteiger charge is -2.17.